The fourth-order valence-electron chi connectivity index (χ4n) is 0.955. The van der Waals surface area contributed by atoms with E-state index in [0.717, 1.165) is 6.33 Å². The minimum atomic E-state index is -4.21. The van der Waals surface area contributed by atoms with Gasteiger partial charge in [0.25, 0.3) is 0 Å². The molecule has 1 aromatic rings. The second-order valence-electron chi connectivity index (χ2n) is 2.44. The quantitative estimate of drug-likeness (QED) is 0.452. The van der Waals surface area contributed by atoms with E-state index >= 15 is 0 Å². The van der Waals surface area contributed by atoms with E-state index < -0.39 is 21.0 Å². The van der Waals surface area contributed by atoms with Gasteiger partial charge in [0, 0.05) is 0 Å². The van der Waals surface area contributed by atoms with Crippen LogP contribution in [0.4, 0.5) is 5.82 Å². The summed E-state index contributed by atoms with van der Waals surface area (Å²) in [5.41, 5.74) is 5.09. The van der Waals surface area contributed by atoms with Crippen LogP contribution in [0.25, 0.3) is 0 Å². The van der Waals surface area contributed by atoms with Crippen LogP contribution in [-0.2, 0) is 10.0 Å². The fourth-order valence-corrected chi connectivity index (χ4v) is 1.96. The predicted octanol–water partition coefficient (Wildman–Crippen LogP) is -1.54. The summed E-state index contributed by atoms with van der Waals surface area (Å²) in [6.07, 6.45) is 0.832. The minimum Gasteiger partial charge on any atom is -0.425 e. The SMILES string of the molecule is NC1=Nc2c(ncn2O)S(=O)(=O)N1O. The van der Waals surface area contributed by atoms with Gasteiger partial charge in [-0.2, -0.15) is 18.1 Å². The third-order valence-electron chi connectivity index (χ3n) is 1.58. The lowest BCUT2D eigenvalue weighted by Gasteiger charge is -2.18. The predicted molar refractivity (Wildman–Crippen MR) is 41.5 cm³/mol. The van der Waals surface area contributed by atoms with Gasteiger partial charge in [-0.3, -0.25) is 5.21 Å². The molecule has 14 heavy (non-hydrogen) atoms. The zero-order valence-corrected chi connectivity index (χ0v) is 7.38. The van der Waals surface area contributed by atoms with Crippen molar-refractivity contribution in [1.82, 2.24) is 14.2 Å². The number of nitrogens with two attached hydrogens (primary N) is 1. The molecule has 0 saturated heterocycles. The Morgan fingerprint density at radius 2 is 2.07 bits per heavy atom. The molecule has 0 unspecified atom stereocenters. The first-order valence-corrected chi connectivity index (χ1v) is 4.73. The molecule has 2 rings (SSSR count). The number of guanidine groups is 1. The highest BCUT2D eigenvalue weighted by Crippen LogP contribution is 2.28. The van der Waals surface area contributed by atoms with E-state index in [2.05, 4.69) is 9.98 Å². The number of nitrogens with zero attached hydrogens (tertiary/aromatic N) is 4. The van der Waals surface area contributed by atoms with Crippen molar-refractivity contribution in [2.75, 3.05) is 0 Å². The summed E-state index contributed by atoms with van der Waals surface area (Å²) in [5.74, 6) is -0.999. The largest absolute Gasteiger partial charge is 0.425 e. The van der Waals surface area contributed by atoms with Crippen molar-refractivity contribution in [3.05, 3.63) is 6.33 Å². The van der Waals surface area contributed by atoms with Gasteiger partial charge in [-0.1, -0.05) is 0 Å². The minimum absolute atomic E-state index is 0.206. The van der Waals surface area contributed by atoms with Crippen molar-refractivity contribution in [2.24, 2.45) is 10.7 Å². The summed E-state index contributed by atoms with van der Waals surface area (Å²) >= 11 is 0. The highest BCUT2D eigenvalue weighted by Gasteiger charge is 2.36. The van der Waals surface area contributed by atoms with Crippen LogP contribution in [0, 0.1) is 0 Å². The molecule has 0 saturated carbocycles. The van der Waals surface area contributed by atoms with E-state index in [4.69, 9.17) is 16.1 Å². The van der Waals surface area contributed by atoms with E-state index in [1.807, 2.05) is 0 Å². The van der Waals surface area contributed by atoms with E-state index in [1.54, 1.807) is 0 Å². The normalized spacial score (nSPS) is 18.9. The van der Waals surface area contributed by atoms with Gasteiger partial charge in [0.15, 0.2) is 0 Å². The smallest absolute Gasteiger partial charge is 0.310 e. The molecule has 2 heterocycles. The molecule has 4 N–H and O–H groups in total. The number of hydrogen-bond acceptors (Lipinski definition) is 7. The summed E-state index contributed by atoms with van der Waals surface area (Å²) in [4.78, 5) is 6.78. The van der Waals surface area contributed by atoms with Crippen molar-refractivity contribution in [2.45, 2.75) is 5.03 Å². The van der Waals surface area contributed by atoms with Gasteiger partial charge in [-0.15, -0.1) is 4.47 Å². The van der Waals surface area contributed by atoms with E-state index in [1.165, 1.54) is 0 Å². The Morgan fingerprint density at radius 3 is 2.71 bits per heavy atom. The van der Waals surface area contributed by atoms with Gasteiger partial charge in [0.2, 0.25) is 16.8 Å². The number of sulfonamides is 1. The van der Waals surface area contributed by atoms with Gasteiger partial charge in [-0.25, -0.2) is 4.98 Å². The second kappa shape index (κ2) is 2.36. The van der Waals surface area contributed by atoms with Crippen LogP contribution >= 0.6 is 0 Å². The Hall–Kier alpha value is -1.81. The highest BCUT2D eigenvalue weighted by atomic mass is 32.2. The maximum absolute atomic E-state index is 11.4. The fraction of sp³-hybridized carbons (Fsp3) is 0. The molecule has 0 bridgehead atoms. The van der Waals surface area contributed by atoms with Crippen LogP contribution in [0.15, 0.2) is 16.3 Å². The monoisotopic (exact) mass is 219 g/mol. The molecule has 0 fully saturated rings. The summed E-state index contributed by atoms with van der Waals surface area (Å²) in [6, 6.07) is 0. The number of hydroxylamine groups is 1. The number of fused-ring (bicyclic) bond motifs is 1. The molecule has 0 aromatic carbocycles. The van der Waals surface area contributed by atoms with Crippen LogP contribution in [-0.4, -0.2) is 39.0 Å². The van der Waals surface area contributed by atoms with Crippen LogP contribution in [0.3, 0.4) is 0 Å². The standard InChI is InChI=1S/C4H5N5O4S/c5-4-7-2-3(6-1-8(2)10)14(12,13)9(4)11/h1,10-11H,(H2,5,7). The van der Waals surface area contributed by atoms with Crippen LogP contribution in [0.5, 0.6) is 0 Å². The number of imidazole rings is 1. The first-order chi connectivity index (χ1) is 6.44. The average Bonchev–Trinajstić information content (AvgIpc) is 2.46. The van der Waals surface area contributed by atoms with Crippen molar-refractivity contribution in [3.8, 4) is 0 Å². The highest BCUT2D eigenvalue weighted by molar-refractivity contribution is 7.89. The van der Waals surface area contributed by atoms with Gasteiger partial charge < -0.3 is 10.9 Å². The summed E-state index contributed by atoms with van der Waals surface area (Å²) in [6.45, 7) is 0. The Morgan fingerprint density at radius 1 is 1.43 bits per heavy atom. The van der Waals surface area contributed by atoms with E-state index in [-0.39, 0.29) is 10.3 Å². The Bertz CT molecular complexity index is 516. The number of aliphatic imine (C=N–C) groups is 1. The lowest BCUT2D eigenvalue weighted by molar-refractivity contribution is 0.0759. The van der Waals surface area contributed by atoms with Crippen molar-refractivity contribution < 1.29 is 18.8 Å². The third kappa shape index (κ3) is 0.885. The van der Waals surface area contributed by atoms with Crippen LogP contribution in [0.2, 0.25) is 0 Å². The summed E-state index contributed by atoms with van der Waals surface area (Å²) in [7, 11) is -4.21. The summed E-state index contributed by atoms with van der Waals surface area (Å²) in [5, 5.41) is 17.5. The molecular formula is C4H5N5O4S. The Kier molecular flexibility index (Phi) is 1.48. The van der Waals surface area contributed by atoms with Crippen molar-refractivity contribution in [3.63, 3.8) is 0 Å². The summed E-state index contributed by atoms with van der Waals surface area (Å²) < 4.78 is 22.9. The Balaban J connectivity index is 2.80. The lowest BCUT2D eigenvalue weighted by Crippen LogP contribution is -2.41. The molecule has 0 amide bonds. The molecule has 0 atom stereocenters. The molecule has 1 aliphatic rings. The molecular weight excluding hydrogens is 214 g/mol. The second-order valence-corrected chi connectivity index (χ2v) is 4.12. The Labute approximate surface area is 77.7 Å². The zero-order valence-electron chi connectivity index (χ0n) is 6.56. The molecule has 0 spiro atoms. The molecule has 0 aliphatic carbocycles. The van der Waals surface area contributed by atoms with Crippen LogP contribution < -0.4 is 5.73 Å². The van der Waals surface area contributed by atoms with Gasteiger partial charge in [0.1, 0.15) is 6.33 Å². The maximum atomic E-state index is 11.4. The zero-order chi connectivity index (χ0) is 10.5. The van der Waals surface area contributed by atoms with Gasteiger partial charge >= 0.3 is 10.0 Å². The van der Waals surface area contributed by atoms with Gasteiger partial charge in [-0.05, 0) is 0 Å². The van der Waals surface area contributed by atoms with Crippen LogP contribution in [0.1, 0.15) is 0 Å². The molecule has 76 valence electrons. The number of hydrogen-bond donors (Lipinski definition) is 3. The molecule has 0 radical (unpaired) electrons. The first kappa shape index (κ1) is 8.77. The molecule has 10 heteroatoms. The molecule has 9 nitrogen and oxygen atoms in total. The average molecular weight is 219 g/mol. The number of rotatable bonds is 0. The molecule has 1 aromatic heterocycles. The van der Waals surface area contributed by atoms with Crippen molar-refractivity contribution in [1.29, 1.82) is 0 Å². The topological polar surface area (TPSA) is 134 Å². The van der Waals surface area contributed by atoms with Gasteiger partial charge in [0.05, 0.1) is 0 Å². The third-order valence-corrected chi connectivity index (χ3v) is 3.00. The molecule has 1 aliphatic heterocycles. The first-order valence-electron chi connectivity index (χ1n) is 3.29. The number of aromatic nitrogens is 2. The van der Waals surface area contributed by atoms with E-state index in [0.29, 0.717) is 4.73 Å². The maximum Gasteiger partial charge on any atom is 0.310 e. The lowest BCUT2D eigenvalue weighted by atomic mass is 10.7. The van der Waals surface area contributed by atoms with Crippen molar-refractivity contribution >= 4 is 21.8 Å². The van der Waals surface area contributed by atoms with E-state index in [9.17, 15) is 8.42 Å².